The fourth-order valence-corrected chi connectivity index (χ4v) is 3.87. The summed E-state index contributed by atoms with van der Waals surface area (Å²) in [6, 6.07) is -0.554. The highest BCUT2D eigenvalue weighted by Gasteiger charge is 2.62. The lowest BCUT2D eigenvalue weighted by molar-refractivity contribution is -0.166. The SMILES string of the molecule is CC1C(=O)N2C1SC(C)(C)C2C(=O)ON. The number of β-lactam (4-membered cyclic amide) rings is 1. The molecule has 2 heterocycles. The minimum atomic E-state index is -0.554. The normalized spacial score (nSPS) is 37.2. The molecular formula is C9H14N2O3S. The van der Waals surface area contributed by atoms with Crippen LogP contribution in [-0.4, -0.2) is 32.9 Å². The predicted octanol–water partition coefficient (Wildman–Crippen LogP) is 0.102. The van der Waals surface area contributed by atoms with Crippen molar-refractivity contribution in [2.24, 2.45) is 11.8 Å². The van der Waals surface area contributed by atoms with Crippen LogP contribution in [0.15, 0.2) is 0 Å². The Morgan fingerprint density at radius 1 is 1.60 bits per heavy atom. The Bertz CT molecular complexity index is 331. The van der Waals surface area contributed by atoms with E-state index in [1.165, 1.54) is 0 Å². The minimum Gasteiger partial charge on any atom is -0.372 e. The maximum absolute atomic E-state index is 11.6. The van der Waals surface area contributed by atoms with Gasteiger partial charge >= 0.3 is 5.97 Å². The molecule has 0 aliphatic carbocycles. The van der Waals surface area contributed by atoms with Gasteiger partial charge < -0.3 is 9.74 Å². The van der Waals surface area contributed by atoms with E-state index in [9.17, 15) is 9.59 Å². The lowest BCUT2D eigenvalue weighted by Gasteiger charge is -2.42. The topological polar surface area (TPSA) is 72.6 Å². The van der Waals surface area contributed by atoms with Gasteiger partial charge in [0, 0.05) is 4.75 Å². The summed E-state index contributed by atoms with van der Waals surface area (Å²) in [5.74, 6) is 4.35. The van der Waals surface area contributed by atoms with Crippen molar-refractivity contribution in [3.63, 3.8) is 0 Å². The van der Waals surface area contributed by atoms with E-state index in [1.807, 2.05) is 20.8 Å². The van der Waals surface area contributed by atoms with Crippen molar-refractivity contribution in [2.75, 3.05) is 0 Å². The average molecular weight is 230 g/mol. The number of amides is 1. The average Bonchev–Trinajstić information content (AvgIpc) is 2.45. The van der Waals surface area contributed by atoms with Crippen LogP contribution >= 0.6 is 11.8 Å². The second-order valence-electron chi connectivity index (χ2n) is 4.49. The third-order valence-electron chi connectivity index (χ3n) is 3.05. The Hall–Kier alpha value is -0.750. The van der Waals surface area contributed by atoms with Crippen molar-refractivity contribution in [3.8, 4) is 0 Å². The summed E-state index contributed by atoms with van der Waals surface area (Å²) in [7, 11) is 0. The van der Waals surface area contributed by atoms with E-state index < -0.39 is 12.0 Å². The molecule has 1 amide bonds. The van der Waals surface area contributed by atoms with Crippen molar-refractivity contribution in [1.82, 2.24) is 4.90 Å². The van der Waals surface area contributed by atoms with Crippen LogP contribution in [0, 0.1) is 5.92 Å². The van der Waals surface area contributed by atoms with Crippen LogP contribution in [0.25, 0.3) is 0 Å². The zero-order valence-electron chi connectivity index (χ0n) is 8.89. The van der Waals surface area contributed by atoms with Gasteiger partial charge in [-0.1, -0.05) is 6.92 Å². The maximum Gasteiger partial charge on any atom is 0.348 e. The quantitative estimate of drug-likeness (QED) is 0.511. The Morgan fingerprint density at radius 2 is 2.20 bits per heavy atom. The van der Waals surface area contributed by atoms with Crippen LogP contribution in [0.1, 0.15) is 20.8 Å². The first-order valence-electron chi connectivity index (χ1n) is 4.80. The van der Waals surface area contributed by atoms with Gasteiger partial charge in [0.2, 0.25) is 5.91 Å². The molecule has 2 aliphatic heterocycles. The molecule has 2 N–H and O–H groups in total. The Labute approximate surface area is 92.3 Å². The molecule has 0 radical (unpaired) electrons. The monoisotopic (exact) mass is 230 g/mol. The van der Waals surface area contributed by atoms with Crippen LogP contribution in [0.4, 0.5) is 0 Å². The molecular weight excluding hydrogens is 216 g/mol. The summed E-state index contributed by atoms with van der Waals surface area (Å²) >= 11 is 1.63. The molecule has 2 fully saturated rings. The highest BCUT2D eigenvalue weighted by molar-refractivity contribution is 8.01. The van der Waals surface area contributed by atoms with Gasteiger partial charge in [-0.25, -0.2) is 4.79 Å². The van der Waals surface area contributed by atoms with E-state index in [4.69, 9.17) is 5.90 Å². The van der Waals surface area contributed by atoms with Crippen molar-refractivity contribution in [3.05, 3.63) is 0 Å². The molecule has 0 aromatic heterocycles. The summed E-state index contributed by atoms with van der Waals surface area (Å²) in [6.07, 6.45) is 0. The summed E-state index contributed by atoms with van der Waals surface area (Å²) < 4.78 is -0.332. The summed E-state index contributed by atoms with van der Waals surface area (Å²) in [5, 5.41) is 0.0941. The highest BCUT2D eigenvalue weighted by atomic mass is 32.2. The molecule has 2 saturated heterocycles. The molecule has 15 heavy (non-hydrogen) atoms. The Morgan fingerprint density at radius 3 is 2.73 bits per heavy atom. The Kier molecular flexibility index (Phi) is 2.24. The summed E-state index contributed by atoms with van der Waals surface area (Å²) in [6.45, 7) is 5.73. The fraction of sp³-hybridized carbons (Fsp3) is 0.778. The molecule has 3 atom stereocenters. The van der Waals surface area contributed by atoms with Gasteiger partial charge in [0.1, 0.15) is 6.04 Å². The largest absolute Gasteiger partial charge is 0.372 e. The number of carbonyl (C=O) groups is 2. The smallest absolute Gasteiger partial charge is 0.348 e. The number of hydrogen-bond acceptors (Lipinski definition) is 5. The molecule has 0 saturated carbocycles. The molecule has 0 bridgehead atoms. The number of fused-ring (bicyclic) bond motifs is 1. The zero-order chi connectivity index (χ0) is 11.4. The first-order chi connectivity index (χ1) is 6.90. The number of thioether (sulfide) groups is 1. The summed E-state index contributed by atoms with van der Waals surface area (Å²) in [5.41, 5.74) is 0. The first kappa shape index (κ1) is 10.8. The molecule has 6 heteroatoms. The second-order valence-corrected chi connectivity index (χ2v) is 6.26. The van der Waals surface area contributed by atoms with E-state index in [0.29, 0.717) is 0 Å². The summed E-state index contributed by atoms with van der Waals surface area (Å²) in [4.78, 5) is 29.0. The van der Waals surface area contributed by atoms with Crippen molar-refractivity contribution < 1.29 is 14.4 Å². The molecule has 0 spiro atoms. The van der Waals surface area contributed by atoms with Crippen LogP contribution in [0.5, 0.6) is 0 Å². The fourth-order valence-electron chi connectivity index (χ4n) is 2.25. The number of hydrogen-bond donors (Lipinski definition) is 1. The number of carbonyl (C=O) groups excluding carboxylic acids is 2. The van der Waals surface area contributed by atoms with Crippen molar-refractivity contribution >= 4 is 23.6 Å². The van der Waals surface area contributed by atoms with Crippen LogP contribution in [-0.2, 0) is 14.4 Å². The zero-order valence-corrected chi connectivity index (χ0v) is 9.71. The molecule has 0 aromatic rings. The number of nitrogens with two attached hydrogens (primary N) is 1. The molecule has 5 nitrogen and oxygen atoms in total. The van der Waals surface area contributed by atoms with Gasteiger partial charge in [-0.05, 0) is 13.8 Å². The standard InChI is InChI=1S/C9H14N2O3S/c1-4-6(12)11-5(8(13)14-10)9(2,3)15-7(4)11/h4-5,7H,10H2,1-3H3. The van der Waals surface area contributed by atoms with Gasteiger partial charge in [-0.3, -0.25) is 4.79 Å². The molecule has 2 rings (SSSR count). The molecule has 0 aromatic carbocycles. The van der Waals surface area contributed by atoms with Gasteiger partial charge in [0.05, 0.1) is 11.3 Å². The number of nitrogens with zero attached hydrogens (tertiary/aromatic N) is 1. The van der Waals surface area contributed by atoms with Gasteiger partial charge in [-0.15, -0.1) is 11.8 Å². The van der Waals surface area contributed by atoms with E-state index in [-0.39, 0.29) is 21.9 Å². The molecule has 3 unspecified atom stereocenters. The lowest BCUT2D eigenvalue weighted by atomic mass is 9.93. The van der Waals surface area contributed by atoms with Crippen molar-refractivity contribution in [1.29, 1.82) is 0 Å². The van der Waals surface area contributed by atoms with E-state index in [2.05, 4.69) is 4.84 Å². The predicted molar refractivity (Wildman–Crippen MR) is 55.5 cm³/mol. The van der Waals surface area contributed by atoms with E-state index in [0.717, 1.165) is 0 Å². The van der Waals surface area contributed by atoms with Gasteiger partial charge in [0.25, 0.3) is 0 Å². The lowest BCUT2D eigenvalue weighted by Crippen LogP contribution is -2.62. The third kappa shape index (κ3) is 1.28. The Balaban J connectivity index is 2.29. The second kappa shape index (κ2) is 3.12. The highest BCUT2D eigenvalue weighted by Crippen LogP contribution is 2.53. The van der Waals surface area contributed by atoms with Crippen LogP contribution in [0.3, 0.4) is 0 Å². The van der Waals surface area contributed by atoms with Crippen molar-refractivity contribution in [2.45, 2.75) is 36.9 Å². The maximum atomic E-state index is 11.6. The van der Waals surface area contributed by atoms with Gasteiger partial charge in [-0.2, -0.15) is 5.90 Å². The minimum absolute atomic E-state index is 0.00785. The van der Waals surface area contributed by atoms with E-state index >= 15 is 0 Å². The number of rotatable bonds is 1. The first-order valence-corrected chi connectivity index (χ1v) is 5.68. The van der Waals surface area contributed by atoms with E-state index in [1.54, 1.807) is 16.7 Å². The molecule has 2 aliphatic rings. The van der Waals surface area contributed by atoms with Crippen LogP contribution < -0.4 is 5.90 Å². The molecule has 84 valence electrons. The van der Waals surface area contributed by atoms with Gasteiger partial charge in [0.15, 0.2) is 0 Å². The van der Waals surface area contributed by atoms with Crippen LogP contribution in [0.2, 0.25) is 0 Å². The third-order valence-corrected chi connectivity index (χ3v) is 4.75.